The highest BCUT2D eigenvalue weighted by Gasteiger charge is 2.07. The number of ether oxygens (including phenoxy) is 2. The van der Waals surface area contributed by atoms with Gasteiger partial charge < -0.3 is 9.47 Å². The van der Waals surface area contributed by atoms with Crippen LogP contribution in [0.5, 0.6) is 11.5 Å². The Labute approximate surface area is 124 Å². The molecule has 2 N–H and O–H groups in total. The Morgan fingerprint density at radius 3 is 1.95 bits per heavy atom. The van der Waals surface area contributed by atoms with Gasteiger partial charge >= 0.3 is 0 Å². The Bertz CT molecular complexity index is 679. The summed E-state index contributed by atoms with van der Waals surface area (Å²) in [5.41, 5.74) is 1.16. The van der Waals surface area contributed by atoms with Crippen LogP contribution in [0.15, 0.2) is 53.4 Å². The first kappa shape index (κ1) is 15.5. The Hall–Kier alpha value is -1.89. The van der Waals surface area contributed by atoms with E-state index in [1.54, 1.807) is 19.2 Å². The van der Waals surface area contributed by atoms with Crippen LogP contribution in [0.4, 0.5) is 0 Å². The molecule has 0 spiro atoms. The lowest BCUT2D eigenvalue weighted by molar-refractivity contribution is 0.202. The number of hydrogen-bond acceptors (Lipinski definition) is 4. The number of benzene rings is 2. The van der Waals surface area contributed by atoms with Crippen molar-refractivity contribution in [3.05, 3.63) is 54.1 Å². The highest BCUT2D eigenvalue weighted by Crippen LogP contribution is 2.23. The van der Waals surface area contributed by atoms with Crippen molar-refractivity contribution in [2.45, 2.75) is 11.3 Å². The van der Waals surface area contributed by atoms with Crippen molar-refractivity contribution in [1.82, 2.24) is 0 Å². The van der Waals surface area contributed by atoms with Crippen LogP contribution in [0.2, 0.25) is 0 Å². The molecule has 21 heavy (non-hydrogen) atoms. The second-order valence-electron chi connectivity index (χ2n) is 4.51. The summed E-state index contributed by atoms with van der Waals surface area (Å²) in [4.78, 5) is 0.0600. The Balaban J connectivity index is 2.04. The van der Waals surface area contributed by atoms with Gasteiger partial charge in [0.15, 0.2) is 0 Å². The molecule has 0 saturated carbocycles. The largest absolute Gasteiger partial charge is 0.457 e. The monoisotopic (exact) mass is 307 g/mol. The molecule has 2 aromatic carbocycles. The van der Waals surface area contributed by atoms with Gasteiger partial charge in [-0.1, -0.05) is 12.1 Å². The molecule has 0 bridgehead atoms. The zero-order valence-corrected chi connectivity index (χ0v) is 12.5. The molecule has 0 aliphatic heterocycles. The van der Waals surface area contributed by atoms with Crippen LogP contribution >= 0.6 is 0 Å². The molecular weight excluding hydrogens is 290 g/mol. The van der Waals surface area contributed by atoms with Crippen molar-refractivity contribution in [3.8, 4) is 11.5 Å². The molecule has 0 saturated heterocycles. The Morgan fingerprint density at radius 1 is 0.952 bits per heavy atom. The molecule has 2 rings (SSSR count). The maximum absolute atomic E-state index is 11.2. The first-order valence-electron chi connectivity index (χ1n) is 6.37. The number of rotatable bonds is 6. The predicted molar refractivity (Wildman–Crippen MR) is 79.9 cm³/mol. The third-order valence-corrected chi connectivity index (χ3v) is 3.84. The van der Waals surface area contributed by atoms with Crippen molar-refractivity contribution < 1.29 is 17.9 Å². The summed E-state index contributed by atoms with van der Waals surface area (Å²) in [5, 5.41) is 5.04. The number of hydrogen-bond donors (Lipinski definition) is 1. The van der Waals surface area contributed by atoms with E-state index in [1.807, 2.05) is 24.3 Å². The van der Waals surface area contributed by atoms with Gasteiger partial charge in [-0.25, -0.2) is 13.6 Å². The molecule has 6 heteroatoms. The van der Waals surface area contributed by atoms with E-state index in [-0.39, 0.29) is 4.90 Å². The molecule has 2 aromatic rings. The lowest BCUT2D eigenvalue weighted by Gasteiger charge is -2.07. The summed E-state index contributed by atoms with van der Waals surface area (Å²) in [6, 6.07) is 13.6. The Morgan fingerprint density at radius 2 is 1.48 bits per heavy atom. The van der Waals surface area contributed by atoms with Gasteiger partial charge in [-0.05, 0) is 48.4 Å². The van der Waals surface area contributed by atoms with Gasteiger partial charge in [-0.2, -0.15) is 0 Å². The normalized spacial score (nSPS) is 11.3. The van der Waals surface area contributed by atoms with Crippen molar-refractivity contribution >= 4 is 10.0 Å². The summed E-state index contributed by atoms with van der Waals surface area (Å²) in [5.74, 6) is 1.23. The summed E-state index contributed by atoms with van der Waals surface area (Å²) < 4.78 is 33.0. The molecule has 0 unspecified atom stereocenters. The fourth-order valence-electron chi connectivity index (χ4n) is 1.78. The molecular formula is C15H17NO4S. The standard InChI is InChI=1S/C15H17NO4S/c1-19-11-10-12-2-4-13(5-3-12)20-14-6-8-15(9-7-14)21(16,17)18/h2-9H,10-11H2,1H3,(H2,16,17,18). The van der Waals surface area contributed by atoms with E-state index < -0.39 is 10.0 Å². The van der Waals surface area contributed by atoms with Gasteiger partial charge in [0.25, 0.3) is 0 Å². The molecule has 112 valence electrons. The summed E-state index contributed by atoms with van der Waals surface area (Å²) in [6.45, 7) is 0.676. The van der Waals surface area contributed by atoms with Crippen molar-refractivity contribution in [2.24, 2.45) is 5.14 Å². The Kier molecular flexibility index (Phi) is 4.95. The average molecular weight is 307 g/mol. The third kappa shape index (κ3) is 4.56. The van der Waals surface area contributed by atoms with E-state index in [4.69, 9.17) is 14.6 Å². The number of nitrogens with two attached hydrogens (primary N) is 1. The van der Waals surface area contributed by atoms with E-state index in [9.17, 15) is 8.42 Å². The molecule has 0 heterocycles. The van der Waals surface area contributed by atoms with Crippen LogP contribution in [0.25, 0.3) is 0 Å². The van der Waals surface area contributed by atoms with Crippen molar-refractivity contribution in [1.29, 1.82) is 0 Å². The lowest BCUT2D eigenvalue weighted by Crippen LogP contribution is -2.11. The van der Waals surface area contributed by atoms with Crippen LogP contribution < -0.4 is 9.88 Å². The molecule has 0 amide bonds. The molecule has 5 nitrogen and oxygen atoms in total. The zero-order chi connectivity index (χ0) is 15.3. The second kappa shape index (κ2) is 6.71. The molecule has 0 radical (unpaired) electrons. The number of primary sulfonamides is 1. The topological polar surface area (TPSA) is 78.6 Å². The SMILES string of the molecule is COCCc1ccc(Oc2ccc(S(N)(=O)=O)cc2)cc1. The number of methoxy groups -OCH3 is 1. The van der Waals surface area contributed by atoms with Crippen molar-refractivity contribution in [3.63, 3.8) is 0 Å². The fourth-order valence-corrected chi connectivity index (χ4v) is 2.29. The first-order valence-corrected chi connectivity index (χ1v) is 7.92. The van der Waals surface area contributed by atoms with Crippen LogP contribution in [-0.4, -0.2) is 22.1 Å². The minimum Gasteiger partial charge on any atom is -0.457 e. The van der Waals surface area contributed by atoms with Crippen LogP contribution in [0.1, 0.15) is 5.56 Å². The fraction of sp³-hybridized carbons (Fsp3) is 0.200. The molecule has 0 aliphatic rings. The summed E-state index contributed by atoms with van der Waals surface area (Å²) >= 11 is 0. The predicted octanol–water partition coefficient (Wildman–Crippen LogP) is 2.32. The highest BCUT2D eigenvalue weighted by molar-refractivity contribution is 7.89. The summed E-state index contributed by atoms with van der Waals surface area (Å²) in [6.07, 6.45) is 0.847. The van der Waals surface area contributed by atoms with E-state index in [2.05, 4.69) is 0 Å². The van der Waals surface area contributed by atoms with Crippen molar-refractivity contribution in [2.75, 3.05) is 13.7 Å². The smallest absolute Gasteiger partial charge is 0.238 e. The van der Waals surface area contributed by atoms with Gasteiger partial charge in [0.2, 0.25) is 10.0 Å². The maximum Gasteiger partial charge on any atom is 0.238 e. The third-order valence-electron chi connectivity index (χ3n) is 2.91. The van der Waals surface area contributed by atoms with Crippen LogP contribution in [0, 0.1) is 0 Å². The number of sulfonamides is 1. The van der Waals surface area contributed by atoms with Gasteiger partial charge in [0.1, 0.15) is 11.5 Å². The molecule has 0 fully saturated rings. The van der Waals surface area contributed by atoms with E-state index >= 15 is 0 Å². The molecule has 0 aromatic heterocycles. The van der Waals surface area contributed by atoms with Gasteiger partial charge in [-0.15, -0.1) is 0 Å². The first-order chi connectivity index (χ1) is 9.99. The van der Waals surface area contributed by atoms with Gasteiger partial charge in [0.05, 0.1) is 11.5 Å². The highest BCUT2D eigenvalue weighted by atomic mass is 32.2. The summed E-state index contributed by atoms with van der Waals surface area (Å²) in [7, 11) is -2.01. The van der Waals surface area contributed by atoms with E-state index in [0.29, 0.717) is 18.1 Å². The van der Waals surface area contributed by atoms with Gasteiger partial charge in [0, 0.05) is 7.11 Å². The minimum atomic E-state index is -3.67. The van der Waals surface area contributed by atoms with E-state index in [0.717, 1.165) is 12.0 Å². The van der Waals surface area contributed by atoms with Crippen LogP contribution in [-0.2, 0) is 21.2 Å². The lowest BCUT2D eigenvalue weighted by atomic mass is 10.1. The quantitative estimate of drug-likeness (QED) is 0.888. The second-order valence-corrected chi connectivity index (χ2v) is 6.07. The molecule has 0 aliphatic carbocycles. The minimum absolute atomic E-state index is 0.0600. The molecule has 0 atom stereocenters. The zero-order valence-electron chi connectivity index (χ0n) is 11.7. The average Bonchev–Trinajstić information content (AvgIpc) is 2.46. The van der Waals surface area contributed by atoms with Gasteiger partial charge in [-0.3, -0.25) is 0 Å². The maximum atomic E-state index is 11.2. The van der Waals surface area contributed by atoms with E-state index in [1.165, 1.54) is 12.1 Å². The van der Waals surface area contributed by atoms with Crippen LogP contribution in [0.3, 0.4) is 0 Å².